The number of piperazine rings is 2. The Morgan fingerprint density at radius 2 is 1.31 bits per heavy atom. The number of rotatable bonds is 14. The quantitative estimate of drug-likeness (QED) is 0.0988. The minimum atomic E-state index is -0.538. The van der Waals surface area contributed by atoms with Crippen molar-refractivity contribution in [2.45, 2.75) is 91.4 Å². The standard InChI is InChI=1S/C26H31ClN4O.C26H30F2N4/c1-18-6-7-21(17-31-13-12-28-16-19(31)2)14-22(18)24-10-11-29-26(30-24)5-3-4-20-8-9-25(32)23(27)15-20;1-18-15-30-25(8-4-5-20-12-23(27)14-24(28)13-20)31-26(18)22-7-3-6-21(11-22)17-32-10-9-29-16-19(32)2/h6-11,14-15,19,28,32H,3-5,12-13,16-17H2,1-2H3;3,6-7,11-15,19,29H,4-5,8-10,16-17H2,1-2H3/t2*19-/m00/s1. The van der Waals surface area contributed by atoms with Gasteiger partial charge in [0.1, 0.15) is 29.0 Å². The smallest absolute Gasteiger partial charge is 0.134 e. The second-order valence-electron chi connectivity index (χ2n) is 17.3. The van der Waals surface area contributed by atoms with Crippen molar-refractivity contribution >= 4 is 11.6 Å². The number of phenolic OH excluding ortho intramolecular Hbond substituents is 1. The third kappa shape index (κ3) is 13.2. The Labute approximate surface area is 382 Å². The number of hydrogen-bond acceptors (Lipinski definition) is 9. The molecular weight excluding hydrogens is 826 g/mol. The summed E-state index contributed by atoms with van der Waals surface area (Å²) in [6.07, 6.45) is 8.28. The molecule has 2 aliphatic heterocycles. The maximum atomic E-state index is 13.4. The maximum Gasteiger partial charge on any atom is 0.134 e. The summed E-state index contributed by atoms with van der Waals surface area (Å²) in [4.78, 5) is 23.7. The number of hydrogen-bond donors (Lipinski definition) is 3. The molecule has 0 unspecified atom stereocenters. The molecule has 4 aromatic carbocycles. The summed E-state index contributed by atoms with van der Waals surface area (Å²) in [5, 5.41) is 16.9. The van der Waals surface area contributed by atoms with Gasteiger partial charge in [-0.15, -0.1) is 0 Å². The zero-order chi connectivity index (χ0) is 45.0. The average molecular weight is 888 g/mol. The van der Waals surface area contributed by atoms with Crippen LogP contribution < -0.4 is 10.6 Å². The number of halogens is 3. The van der Waals surface area contributed by atoms with E-state index in [1.54, 1.807) is 6.07 Å². The van der Waals surface area contributed by atoms with E-state index in [1.165, 1.54) is 34.4 Å². The largest absolute Gasteiger partial charge is 0.506 e. The van der Waals surface area contributed by atoms with Crippen molar-refractivity contribution in [3.8, 4) is 28.3 Å². The van der Waals surface area contributed by atoms with Crippen LogP contribution in [0.4, 0.5) is 8.78 Å². The normalized spacial score (nSPS) is 16.9. The van der Waals surface area contributed by atoms with Crippen LogP contribution in [0.3, 0.4) is 0 Å². The van der Waals surface area contributed by atoms with Crippen LogP contribution in [0, 0.1) is 25.5 Å². The van der Waals surface area contributed by atoms with E-state index >= 15 is 0 Å². The molecule has 4 heterocycles. The molecule has 2 atom stereocenters. The summed E-state index contributed by atoms with van der Waals surface area (Å²) < 4.78 is 26.8. The fraction of sp³-hybridized carbons (Fsp3) is 0.385. The maximum absolute atomic E-state index is 13.4. The lowest BCUT2D eigenvalue weighted by molar-refractivity contribution is 0.165. The Bertz CT molecular complexity index is 2470. The van der Waals surface area contributed by atoms with Crippen molar-refractivity contribution in [1.29, 1.82) is 0 Å². The highest BCUT2D eigenvalue weighted by Gasteiger charge is 2.20. The van der Waals surface area contributed by atoms with E-state index in [-0.39, 0.29) is 5.75 Å². The van der Waals surface area contributed by atoms with Gasteiger partial charge in [-0.25, -0.2) is 28.7 Å². The molecule has 2 saturated heterocycles. The second kappa shape index (κ2) is 22.6. The summed E-state index contributed by atoms with van der Waals surface area (Å²) >= 11 is 6.01. The number of benzene rings is 4. The molecule has 2 fully saturated rings. The van der Waals surface area contributed by atoms with E-state index in [1.807, 2.05) is 37.5 Å². The van der Waals surface area contributed by atoms with Gasteiger partial charge in [0.25, 0.3) is 0 Å². The van der Waals surface area contributed by atoms with Gasteiger partial charge in [-0.2, -0.15) is 0 Å². The first kappa shape index (κ1) is 46.8. The zero-order valence-corrected chi connectivity index (χ0v) is 38.3. The van der Waals surface area contributed by atoms with Gasteiger partial charge in [0.15, 0.2) is 0 Å². The molecule has 2 aromatic heterocycles. The monoisotopic (exact) mass is 886 g/mol. The van der Waals surface area contributed by atoms with Crippen molar-refractivity contribution in [1.82, 2.24) is 40.4 Å². The highest BCUT2D eigenvalue weighted by molar-refractivity contribution is 6.32. The molecule has 0 amide bonds. The van der Waals surface area contributed by atoms with E-state index < -0.39 is 11.6 Å². The van der Waals surface area contributed by atoms with Gasteiger partial charge in [-0.05, 0) is 129 Å². The zero-order valence-electron chi connectivity index (χ0n) is 37.6. The van der Waals surface area contributed by atoms with Crippen molar-refractivity contribution in [3.05, 3.63) is 159 Å². The molecule has 0 bridgehead atoms. The summed E-state index contributed by atoms with van der Waals surface area (Å²) in [6, 6.07) is 27.4. The molecule has 0 saturated carbocycles. The molecule has 2 aliphatic rings. The molecule has 64 heavy (non-hydrogen) atoms. The predicted octanol–water partition coefficient (Wildman–Crippen LogP) is 9.48. The van der Waals surface area contributed by atoms with Crippen LogP contribution in [-0.2, 0) is 38.8 Å². The minimum absolute atomic E-state index is 0.121. The van der Waals surface area contributed by atoms with Gasteiger partial charge in [-0.3, -0.25) is 9.80 Å². The molecular formula is C52H61ClF2N8O. The van der Waals surface area contributed by atoms with E-state index in [9.17, 15) is 13.9 Å². The van der Waals surface area contributed by atoms with Crippen LogP contribution in [0.25, 0.3) is 22.5 Å². The lowest BCUT2D eigenvalue weighted by Crippen LogP contribution is -2.49. The molecule has 3 N–H and O–H groups in total. The second-order valence-corrected chi connectivity index (χ2v) is 17.8. The van der Waals surface area contributed by atoms with Crippen LogP contribution in [0.5, 0.6) is 5.75 Å². The van der Waals surface area contributed by atoms with Gasteiger partial charge >= 0.3 is 0 Å². The highest BCUT2D eigenvalue weighted by Crippen LogP contribution is 2.27. The third-order valence-corrected chi connectivity index (χ3v) is 12.5. The van der Waals surface area contributed by atoms with Crippen molar-refractivity contribution < 1.29 is 13.9 Å². The third-order valence-electron chi connectivity index (χ3n) is 12.2. The van der Waals surface area contributed by atoms with E-state index in [0.717, 1.165) is 124 Å². The number of aryl methyl sites for hydroxylation is 6. The molecule has 336 valence electrons. The molecule has 6 aromatic rings. The predicted molar refractivity (Wildman–Crippen MR) is 253 cm³/mol. The summed E-state index contributed by atoms with van der Waals surface area (Å²) in [5.41, 5.74) is 10.8. The Balaban J connectivity index is 0.000000191. The lowest BCUT2D eigenvalue weighted by Gasteiger charge is -2.34. The Morgan fingerprint density at radius 3 is 1.98 bits per heavy atom. The molecule has 0 aliphatic carbocycles. The molecule has 9 nitrogen and oxygen atoms in total. The van der Waals surface area contributed by atoms with E-state index in [2.05, 4.69) is 93.6 Å². The number of nitrogens with one attached hydrogen (secondary N) is 2. The van der Waals surface area contributed by atoms with Gasteiger partial charge in [0.2, 0.25) is 0 Å². The van der Waals surface area contributed by atoms with Crippen LogP contribution in [-0.4, -0.2) is 86.2 Å². The van der Waals surface area contributed by atoms with Crippen LogP contribution >= 0.6 is 11.6 Å². The summed E-state index contributed by atoms with van der Waals surface area (Å²) in [6.45, 7) is 16.9. The topological polar surface area (TPSA) is 102 Å². The van der Waals surface area contributed by atoms with Gasteiger partial charge in [-0.1, -0.05) is 48.0 Å². The van der Waals surface area contributed by atoms with Gasteiger partial charge < -0.3 is 15.7 Å². The summed E-state index contributed by atoms with van der Waals surface area (Å²) in [5.74, 6) is 0.653. The molecule has 8 rings (SSSR count). The van der Waals surface area contributed by atoms with Crippen LogP contribution in [0.1, 0.15) is 71.7 Å². The molecule has 0 spiro atoms. The van der Waals surface area contributed by atoms with E-state index in [0.29, 0.717) is 35.5 Å². The van der Waals surface area contributed by atoms with Gasteiger partial charge in [0.05, 0.1) is 16.4 Å². The minimum Gasteiger partial charge on any atom is -0.506 e. The lowest BCUT2D eigenvalue weighted by atomic mass is 10.0. The Hall–Kier alpha value is -5.17. The Kier molecular flexibility index (Phi) is 16.6. The van der Waals surface area contributed by atoms with Crippen LogP contribution in [0.15, 0.2) is 97.3 Å². The first-order valence-electron chi connectivity index (χ1n) is 22.6. The number of nitrogens with zero attached hydrogens (tertiary/aromatic N) is 6. The fourth-order valence-corrected chi connectivity index (χ4v) is 8.69. The van der Waals surface area contributed by atoms with E-state index in [4.69, 9.17) is 21.6 Å². The highest BCUT2D eigenvalue weighted by atomic mass is 35.5. The molecule has 12 heteroatoms. The number of aromatic nitrogens is 4. The first-order valence-corrected chi connectivity index (χ1v) is 23.0. The number of phenols is 1. The Morgan fingerprint density at radius 1 is 0.672 bits per heavy atom. The number of aromatic hydroxyl groups is 1. The average Bonchev–Trinajstić information content (AvgIpc) is 3.28. The van der Waals surface area contributed by atoms with Crippen LogP contribution in [0.2, 0.25) is 5.02 Å². The molecule has 0 radical (unpaired) electrons. The first-order chi connectivity index (χ1) is 31.0. The summed E-state index contributed by atoms with van der Waals surface area (Å²) in [7, 11) is 0. The van der Waals surface area contributed by atoms with Gasteiger partial charge in [0, 0.05) is 107 Å². The van der Waals surface area contributed by atoms with Crippen molar-refractivity contribution in [3.63, 3.8) is 0 Å². The fourth-order valence-electron chi connectivity index (χ4n) is 8.49. The SMILES string of the molecule is Cc1ccc(CN2CCNC[C@@H]2C)cc1-c1ccnc(CCCc2ccc(O)c(Cl)c2)n1.Cc1cnc(CCCc2cc(F)cc(F)c2)nc1-c1cccc(CN2CCNC[C@@H]2C)c1. The van der Waals surface area contributed by atoms with Crippen molar-refractivity contribution in [2.24, 2.45) is 0 Å². The van der Waals surface area contributed by atoms with Crippen molar-refractivity contribution in [2.75, 3.05) is 39.3 Å².